The normalized spacial score (nSPS) is 11.9. The van der Waals surface area contributed by atoms with Gasteiger partial charge < -0.3 is 14.7 Å². The van der Waals surface area contributed by atoms with Crippen LogP contribution in [0, 0.1) is 24.0 Å². The standard InChI is InChI=1S/C19H15F3N4O4/c1-10-8-12(6-7-15-23-17(27)16(26(29)30)18(28)24-15)11(2)25(10)14-5-3-4-13(9-14)19(20,21)22/h3-9H,1-2H3,(H2,23,24,27,28)/b7-6+. The number of aryl methyl sites for hydroxylation is 1. The van der Waals surface area contributed by atoms with Gasteiger partial charge in [-0.3, -0.25) is 14.9 Å². The van der Waals surface area contributed by atoms with Crippen molar-refractivity contribution >= 4 is 17.8 Å². The van der Waals surface area contributed by atoms with Gasteiger partial charge in [-0.05, 0) is 55.8 Å². The average Bonchev–Trinajstić information content (AvgIpc) is 2.92. The molecule has 0 aliphatic heterocycles. The molecule has 3 aromatic rings. The largest absolute Gasteiger partial charge is 0.488 e. The summed E-state index contributed by atoms with van der Waals surface area (Å²) in [7, 11) is 0. The lowest BCUT2D eigenvalue weighted by Gasteiger charge is -2.13. The van der Waals surface area contributed by atoms with Gasteiger partial charge in [0, 0.05) is 17.1 Å². The third kappa shape index (κ3) is 3.95. The summed E-state index contributed by atoms with van der Waals surface area (Å²) in [6, 6.07) is 6.62. The highest BCUT2D eigenvalue weighted by Crippen LogP contribution is 2.31. The van der Waals surface area contributed by atoms with Crippen LogP contribution in [-0.2, 0) is 6.18 Å². The summed E-state index contributed by atoms with van der Waals surface area (Å²) in [6.45, 7) is 3.43. The van der Waals surface area contributed by atoms with Crippen molar-refractivity contribution in [2.45, 2.75) is 20.0 Å². The van der Waals surface area contributed by atoms with Gasteiger partial charge in [0.25, 0.3) is 5.88 Å². The first-order valence-electron chi connectivity index (χ1n) is 8.51. The summed E-state index contributed by atoms with van der Waals surface area (Å²) >= 11 is 0. The second kappa shape index (κ2) is 7.50. The van der Waals surface area contributed by atoms with Gasteiger partial charge in [0.15, 0.2) is 0 Å². The number of nitrogens with one attached hydrogen (secondary N) is 1. The van der Waals surface area contributed by atoms with Gasteiger partial charge in [-0.1, -0.05) is 6.07 Å². The second-order valence-corrected chi connectivity index (χ2v) is 6.42. The smallest absolute Gasteiger partial charge is 0.416 e. The van der Waals surface area contributed by atoms with Crippen LogP contribution in [0.1, 0.15) is 28.3 Å². The number of aromatic amines is 1. The van der Waals surface area contributed by atoms with Crippen molar-refractivity contribution in [3.8, 4) is 11.6 Å². The van der Waals surface area contributed by atoms with E-state index in [0.717, 1.165) is 12.1 Å². The third-order valence-corrected chi connectivity index (χ3v) is 4.40. The van der Waals surface area contributed by atoms with E-state index in [1.54, 1.807) is 30.5 Å². The van der Waals surface area contributed by atoms with Gasteiger partial charge in [0.2, 0.25) is 0 Å². The minimum atomic E-state index is -4.47. The number of rotatable bonds is 4. The van der Waals surface area contributed by atoms with E-state index in [0.29, 0.717) is 22.6 Å². The van der Waals surface area contributed by atoms with E-state index in [1.165, 1.54) is 18.2 Å². The first kappa shape index (κ1) is 20.8. The Morgan fingerprint density at radius 3 is 2.53 bits per heavy atom. The zero-order chi connectivity index (χ0) is 22.2. The second-order valence-electron chi connectivity index (χ2n) is 6.42. The highest BCUT2D eigenvalue weighted by Gasteiger charge is 2.30. The van der Waals surface area contributed by atoms with Crippen molar-refractivity contribution in [1.29, 1.82) is 0 Å². The molecular weight excluding hydrogens is 405 g/mol. The lowest BCUT2D eigenvalue weighted by Crippen LogP contribution is -2.14. The first-order chi connectivity index (χ1) is 14.0. The summed E-state index contributed by atoms with van der Waals surface area (Å²) in [5, 5.41) is 20.3. The maximum atomic E-state index is 13.0. The summed E-state index contributed by atoms with van der Waals surface area (Å²) in [5.41, 5.74) is -0.704. The molecule has 0 atom stereocenters. The molecule has 0 radical (unpaired) electrons. The Hall–Kier alpha value is -3.89. The molecule has 0 amide bonds. The fourth-order valence-corrected chi connectivity index (χ4v) is 3.06. The number of nitro groups is 1. The number of aromatic hydroxyl groups is 1. The van der Waals surface area contributed by atoms with Crippen molar-refractivity contribution in [3.05, 3.63) is 79.1 Å². The summed E-state index contributed by atoms with van der Waals surface area (Å²) in [6.07, 6.45) is -1.62. The van der Waals surface area contributed by atoms with Gasteiger partial charge >= 0.3 is 17.4 Å². The predicted molar refractivity (Wildman–Crippen MR) is 102 cm³/mol. The summed E-state index contributed by atoms with van der Waals surface area (Å²) < 4.78 is 40.7. The number of alkyl halides is 3. The average molecular weight is 420 g/mol. The Balaban J connectivity index is 1.99. The summed E-state index contributed by atoms with van der Waals surface area (Å²) in [5.74, 6) is -1.13. The minimum absolute atomic E-state index is 0.119. The van der Waals surface area contributed by atoms with E-state index in [9.17, 15) is 33.2 Å². The molecule has 0 bridgehead atoms. The van der Waals surface area contributed by atoms with Crippen molar-refractivity contribution in [2.24, 2.45) is 0 Å². The number of hydrogen-bond acceptors (Lipinski definition) is 5. The van der Waals surface area contributed by atoms with Crippen molar-refractivity contribution in [3.63, 3.8) is 0 Å². The minimum Gasteiger partial charge on any atom is -0.488 e. The Bertz CT molecular complexity index is 1230. The first-order valence-corrected chi connectivity index (χ1v) is 8.51. The Labute approximate surface area is 167 Å². The van der Waals surface area contributed by atoms with E-state index < -0.39 is 33.8 Å². The van der Waals surface area contributed by atoms with Gasteiger partial charge in [-0.25, -0.2) is 0 Å². The lowest BCUT2D eigenvalue weighted by atomic mass is 10.2. The molecule has 0 saturated carbocycles. The molecule has 0 aliphatic rings. The van der Waals surface area contributed by atoms with Crippen molar-refractivity contribution < 1.29 is 23.2 Å². The van der Waals surface area contributed by atoms with Gasteiger partial charge in [-0.2, -0.15) is 18.2 Å². The monoisotopic (exact) mass is 420 g/mol. The lowest BCUT2D eigenvalue weighted by molar-refractivity contribution is -0.387. The Morgan fingerprint density at radius 2 is 1.93 bits per heavy atom. The molecule has 30 heavy (non-hydrogen) atoms. The predicted octanol–water partition coefficient (Wildman–Crippen LogP) is 3.98. The zero-order valence-electron chi connectivity index (χ0n) is 15.7. The SMILES string of the molecule is Cc1cc(/C=C/c2nc(O)c([N+](=O)[O-])c(=O)[nH]2)c(C)n1-c1cccc(C(F)(F)F)c1. The van der Waals surface area contributed by atoms with Crippen LogP contribution in [0.25, 0.3) is 17.8 Å². The molecule has 2 N–H and O–H groups in total. The summed E-state index contributed by atoms with van der Waals surface area (Å²) in [4.78, 5) is 27.1. The molecular formula is C19H15F3N4O4. The van der Waals surface area contributed by atoms with Crippen LogP contribution in [0.15, 0.2) is 35.1 Å². The van der Waals surface area contributed by atoms with Crippen molar-refractivity contribution in [1.82, 2.24) is 14.5 Å². The highest BCUT2D eigenvalue weighted by molar-refractivity contribution is 5.69. The molecule has 1 aromatic carbocycles. The van der Waals surface area contributed by atoms with E-state index in [1.807, 2.05) is 0 Å². The molecule has 156 valence electrons. The molecule has 0 saturated heterocycles. The maximum absolute atomic E-state index is 13.0. The Morgan fingerprint density at radius 1 is 1.23 bits per heavy atom. The number of nitrogens with zero attached hydrogens (tertiary/aromatic N) is 3. The molecule has 2 heterocycles. The maximum Gasteiger partial charge on any atom is 0.416 e. The highest BCUT2D eigenvalue weighted by atomic mass is 19.4. The number of H-pyrrole nitrogens is 1. The number of aromatic nitrogens is 3. The van der Waals surface area contributed by atoms with Crippen LogP contribution in [0.4, 0.5) is 18.9 Å². The molecule has 3 rings (SSSR count). The molecule has 2 aromatic heterocycles. The molecule has 0 aliphatic carbocycles. The van der Waals surface area contributed by atoms with E-state index in [-0.39, 0.29) is 5.82 Å². The van der Waals surface area contributed by atoms with E-state index in [2.05, 4.69) is 9.97 Å². The quantitative estimate of drug-likeness (QED) is 0.490. The van der Waals surface area contributed by atoms with Crippen LogP contribution < -0.4 is 5.56 Å². The van der Waals surface area contributed by atoms with Crippen LogP contribution >= 0.6 is 0 Å². The molecule has 0 fully saturated rings. The number of halogens is 3. The molecule has 0 spiro atoms. The zero-order valence-corrected chi connectivity index (χ0v) is 15.7. The number of benzene rings is 1. The van der Waals surface area contributed by atoms with Crippen LogP contribution in [0.3, 0.4) is 0 Å². The van der Waals surface area contributed by atoms with Gasteiger partial charge in [-0.15, -0.1) is 0 Å². The Kier molecular flexibility index (Phi) is 5.21. The van der Waals surface area contributed by atoms with E-state index in [4.69, 9.17) is 0 Å². The van der Waals surface area contributed by atoms with Gasteiger partial charge in [0.1, 0.15) is 5.82 Å². The van der Waals surface area contributed by atoms with Crippen molar-refractivity contribution in [2.75, 3.05) is 0 Å². The van der Waals surface area contributed by atoms with Crippen LogP contribution in [0.5, 0.6) is 5.88 Å². The van der Waals surface area contributed by atoms with Gasteiger partial charge in [0.05, 0.1) is 10.5 Å². The van der Waals surface area contributed by atoms with Crippen LogP contribution in [-0.4, -0.2) is 24.6 Å². The number of hydrogen-bond donors (Lipinski definition) is 2. The third-order valence-electron chi connectivity index (χ3n) is 4.40. The fraction of sp³-hybridized carbons (Fsp3) is 0.158. The topological polar surface area (TPSA) is 114 Å². The molecule has 8 nitrogen and oxygen atoms in total. The molecule has 0 unspecified atom stereocenters. The fourth-order valence-electron chi connectivity index (χ4n) is 3.06. The van der Waals surface area contributed by atoms with Crippen LogP contribution in [0.2, 0.25) is 0 Å². The van der Waals surface area contributed by atoms with E-state index >= 15 is 0 Å². The molecule has 11 heteroatoms.